The zero-order valence-electron chi connectivity index (χ0n) is 11.4. The minimum absolute atomic E-state index is 0.266. The van der Waals surface area contributed by atoms with Gasteiger partial charge in [0, 0.05) is 12.5 Å². The van der Waals surface area contributed by atoms with E-state index in [4.69, 9.17) is 11.6 Å². The summed E-state index contributed by atoms with van der Waals surface area (Å²) in [5.41, 5.74) is 2.72. The first kappa shape index (κ1) is 13.1. The molecule has 0 bridgehead atoms. The lowest BCUT2D eigenvalue weighted by Crippen LogP contribution is -2.31. The van der Waals surface area contributed by atoms with Crippen LogP contribution in [-0.4, -0.2) is 4.57 Å². The number of para-hydroxylation sites is 2. The van der Waals surface area contributed by atoms with Gasteiger partial charge in [-0.05, 0) is 24.3 Å². The molecule has 0 aliphatic rings. The van der Waals surface area contributed by atoms with Crippen LogP contribution in [0.3, 0.4) is 0 Å². The van der Waals surface area contributed by atoms with Crippen LogP contribution in [0, 0.1) is 12.7 Å². The summed E-state index contributed by atoms with van der Waals surface area (Å²) in [5.74, 6) is 0.794. The number of hydrogen-bond donors (Lipinski definition) is 0. The van der Waals surface area contributed by atoms with Gasteiger partial charge in [-0.1, -0.05) is 29.8 Å². The first-order valence-electron chi connectivity index (χ1n) is 6.46. The fourth-order valence-electron chi connectivity index (χ4n) is 2.55. The van der Waals surface area contributed by atoms with Crippen molar-refractivity contribution >= 4 is 22.6 Å². The van der Waals surface area contributed by atoms with Crippen molar-refractivity contribution in [3.8, 4) is 0 Å². The van der Waals surface area contributed by atoms with Crippen LogP contribution < -0.4 is 4.57 Å². The predicted molar refractivity (Wildman–Crippen MR) is 78.4 cm³/mol. The van der Waals surface area contributed by atoms with Gasteiger partial charge in [-0.2, -0.15) is 0 Å². The third-order valence-electron chi connectivity index (χ3n) is 3.79. The Morgan fingerprint density at radius 2 is 1.90 bits per heavy atom. The standard InChI is InChI=1S/C16H15ClFN2/c1-11-19(2)15-8-3-4-9-16(15)20(11)10-12-13(17)6-5-7-14(12)18/h3-9H,10H2,1-2H3/q+1. The lowest BCUT2D eigenvalue weighted by Gasteiger charge is -2.05. The fraction of sp³-hybridized carbons (Fsp3) is 0.188. The molecular weight excluding hydrogens is 275 g/mol. The van der Waals surface area contributed by atoms with E-state index in [-0.39, 0.29) is 5.82 Å². The molecule has 102 valence electrons. The third kappa shape index (κ3) is 1.98. The Bertz CT molecular complexity index is 772. The van der Waals surface area contributed by atoms with Gasteiger partial charge in [0.2, 0.25) is 0 Å². The fourth-order valence-corrected chi connectivity index (χ4v) is 2.77. The molecule has 1 aromatic heterocycles. The highest BCUT2D eigenvalue weighted by molar-refractivity contribution is 6.31. The van der Waals surface area contributed by atoms with E-state index in [1.807, 2.05) is 32.2 Å². The second-order valence-corrected chi connectivity index (χ2v) is 5.29. The Labute approximate surface area is 122 Å². The van der Waals surface area contributed by atoms with Gasteiger partial charge >= 0.3 is 0 Å². The van der Waals surface area contributed by atoms with Crippen LogP contribution in [0.5, 0.6) is 0 Å². The monoisotopic (exact) mass is 289 g/mol. The summed E-state index contributed by atoms with van der Waals surface area (Å²) in [7, 11) is 2.01. The Morgan fingerprint density at radius 3 is 2.65 bits per heavy atom. The minimum atomic E-state index is -0.266. The number of fused-ring (bicyclic) bond motifs is 1. The molecule has 0 saturated heterocycles. The predicted octanol–water partition coefficient (Wildman–Crippen LogP) is 3.62. The maximum absolute atomic E-state index is 14.0. The molecule has 0 amide bonds. The number of halogens is 2. The van der Waals surface area contributed by atoms with E-state index in [1.165, 1.54) is 6.07 Å². The molecular formula is C16H15ClFN2+. The topological polar surface area (TPSA) is 8.81 Å². The molecule has 20 heavy (non-hydrogen) atoms. The van der Waals surface area contributed by atoms with Crippen molar-refractivity contribution in [2.45, 2.75) is 13.5 Å². The summed E-state index contributed by atoms with van der Waals surface area (Å²) >= 11 is 6.13. The highest BCUT2D eigenvalue weighted by Gasteiger charge is 2.20. The smallest absolute Gasteiger partial charge is 0.230 e. The molecule has 2 nitrogen and oxygen atoms in total. The summed E-state index contributed by atoms with van der Waals surface area (Å²) in [5, 5.41) is 0.463. The van der Waals surface area contributed by atoms with Gasteiger partial charge in [0.05, 0.1) is 12.1 Å². The van der Waals surface area contributed by atoms with Crippen molar-refractivity contribution in [2.75, 3.05) is 0 Å². The molecule has 0 N–H and O–H groups in total. The van der Waals surface area contributed by atoms with Crippen LogP contribution in [0.1, 0.15) is 11.4 Å². The summed E-state index contributed by atoms with van der Waals surface area (Å²) in [6.45, 7) is 2.45. The Balaban J connectivity index is 2.19. The van der Waals surface area contributed by atoms with Crippen LogP contribution in [0.4, 0.5) is 4.39 Å². The largest absolute Gasteiger partial charge is 0.254 e. The summed E-state index contributed by atoms with van der Waals surface area (Å²) < 4.78 is 18.2. The van der Waals surface area contributed by atoms with Gasteiger partial charge in [0.25, 0.3) is 5.82 Å². The lowest BCUT2D eigenvalue weighted by molar-refractivity contribution is -0.652. The highest BCUT2D eigenvalue weighted by atomic mass is 35.5. The molecule has 0 aliphatic heterocycles. The molecule has 1 heterocycles. The van der Waals surface area contributed by atoms with Gasteiger partial charge in [-0.15, -0.1) is 0 Å². The average Bonchev–Trinajstić information content (AvgIpc) is 2.68. The Hall–Kier alpha value is -1.87. The second-order valence-electron chi connectivity index (χ2n) is 4.88. The molecule has 4 heteroatoms. The van der Waals surface area contributed by atoms with E-state index in [2.05, 4.69) is 15.2 Å². The molecule has 0 saturated carbocycles. The number of hydrogen-bond acceptors (Lipinski definition) is 0. The number of rotatable bonds is 2. The van der Waals surface area contributed by atoms with Crippen molar-refractivity contribution in [2.24, 2.45) is 7.05 Å². The van der Waals surface area contributed by atoms with E-state index in [9.17, 15) is 4.39 Å². The van der Waals surface area contributed by atoms with Crippen molar-refractivity contribution in [1.29, 1.82) is 0 Å². The second kappa shape index (κ2) is 4.91. The summed E-state index contributed by atoms with van der Waals surface area (Å²) in [6, 6.07) is 12.9. The first-order chi connectivity index (χ1) is 9.59. The quantitative estimate of drug-likeness (QED) is 0.637. The molecule has 0 unspecified atom stereocenters. The Morgan fingerprint density at radius 1 is 1.15 bits per heavy atom. The Kier molecular flexibility index (Phi) is 3.22. The van der Waals surface area contributed by atoms with E-state index in [0.717, 1.165) is 16.9 Å². The lowest BCUT2D eigenvalue weighted by atomic mass is 10.2. The van der Waals surface area contributed by atoms with Gasteiger partial charge in [-0.25, -0.2) is 13.5 Å². The first-order valence-corrected chi connectivity index (χ1v) is 6.84. The number of nitrogens with zero attached hydrogens (tertiary/aromatic N) is 2. The molecule has 0 fully saturated rings. The van der Waals surface area contributed by atoms with Gasteiger partial charge in [0.15, 0.2) is 11.0 Å². The van der Waals surface area contributed by atoms with E-state index >= 15 is 0 Å². The zero-order valence-corrected chi connectivity index (χ0v) is 12.2. The number of imidazole rings is 1. The number of aryl methyl sites for hydroxylation is 1. The van der Waals surface area contributed by atoms with Crippen molar-refractivity contribution < 1.29 is 8.96 Å². The maximum atomic E-state index is 14.0. The molecule has 0 aliphatic carbocycles. The van der Waals surface area contributed by atoms with E-state index in [0.29, 0.717) is 17.1 Å². The van der Waals surface area contributed by atoms with E-state index < -0.39 is 0 Å². The molecule has 0 spiro atoms. The molecule has 3 aromatic rings. The van der Waals surface area contributed by atoms with Gasteiger partial charge < -0.3 is 0 Å². The molecule has 0 radical (unpaired) electrons. The van der Waals surface area contributed by atoms with Crippen molar-refractivity contribution in [1.82, 2.24) is 4.57 Å². The summed E-state index contributed by atoms with van der Waals surface area (Å²) in [6.07, 6.45) is 0. The number of benzene rings is 2. The molecule has 0 atom stereocenters. The zero-order chi connectivity index (χ0) is 14.3. The minimum Gasteiger partial charge on any atom is -0.230 e. The van der Waals surface area contributed by atoms with Crippen LogP contribution in [0.25, 0.3) is 11.0 Å². The average molecular weight is 290 g/mol. The van der Waals surface area contributed by atoms with E-state index in [1.54, 1.807) is 12.1 Å². The third-order valence-corrected chi connectivity index (χ3v) is 4.14. The van der Waals surface area contributed by atoms with Crippen molar-refractivity contribution in [3.05, 3.63) is 64.7 Å². The molecule has 2 aromatic carbocycles. The van der Waals surface area contributed by atoms with Crippen LogP contribution in [0.15, 0.2) is 42.5 Å². The van der Waals surface area contributed by atoms with Gasteiger partial charge in [0.1, 0.15) is 12.4 Å². The molecule has 3 rings (SSSR count). The maximum Gasteiger partial charge on any atom is 0.254 e. The van der Waals surface area contributed by atoms with Gasteiger partial charge in [-0.3, -0.25) is 0 Å². The normalized spacial score (nSPS) is 11.2. The number of aromatic nitrogens is 2. The van der Waals surface area contributed by atoms with Crippen LogP contribution in [-0.2, 0) is 13.6 Å². The highest BCUT2D eigenvalue weighted by Crippen LogP contribution is 2.22. The van der Waals surface area contributed by atoms with Crippen LogP contribution in [0.2, 0.25) is 5.02 Å². The summed E-state index contributed by atoms with van der Waals surface area (Å²) in [4.78, 5) is 0. The van der Waals surface area contributed by atoms with Crippen molar-refractivity contribution in [3.63, 3.8) is 0 Å². The van der Waals surface area contributed by atoms with Crippen LogP contribution >= 0.6 is 11.6 Å². The SMILES string of the molecule is Cc1n(Cc2c(F)cccc2Cl)c2ccccc2[n+]1C.